The first-order valence-electron chi connectivity index (χ1n) is 8.76. The Labute approximate surface area is 159 Å². The molecule has 2 aliphatic heterocycles. The number of nitrogens with zero attached hydrogens (tertiary/aromatic N) is 1. The fraction of sp³-hybridized carbons (Fsp3) is 0.647. The fourth-order valence-corrected chi connectivity index (χ4v) is 5.85. The number of ether oxygens (including phenoxy) is 1. The molecule has 2 heterocycles. The highest BCUT2D eigenvalue weighted by Crippen LogP contribution is 2.56. The molecule has 1 aliphatic carbocycles. The Morgan fingerprint density at radius 1 is 1.19 bits per heavy atom. The minimum atomic E-state index is -3.64. The Balaban J connectivity index is 1.77. The molecule has 0 aromatic heterocycles. The molecule has 1 aromatic rings. The SMILES string of the molecule is CN1CC[C@@]23C[C@@H]1C[C@H](OS(C)(=O)=O)[C@@H]2Oc1ccc(OS(C)(=O)=O)cc13. The van der Waals surface area contributed by atoms with Gasteiger partial charge in [-0.05, 0) is 51.1 Å². The molecule has 1 saturated carbocycles. The second-order valence-corrected chi connectivity index (χ2v) is 11.0. The fourth-order valence-electron chi connectivity index (χ4n) is 4.77. The lowest BCUT2D eigenvalue weighted by atomic mass is 9.62. The highest BCUT2D eigenvalue weighted by Gasteiger charge is 2.59. The molecular formula is C17H23NO7S2. The summed E-state index contributed by atoms with van der Waals surface area (Å²) >= 11 is 0. The van der Waals surface area contributed by atoms with Gasteiger partial charge in [0.25, 0.3) is 10.1 Å². The van der Waals surface area contributed by atoms with Crippen LogP contribution in [0.1, 0.15) is 24.8 Å². The predicted molar refractivity (Wildman–Crippen MR) is 98.0 cm³/mol. The van der Waals surface area contributed by atoms with Crippen molar-refractivity contribution >= 4 is 20.2 Å². The molecule has 150 valence electrons. The maximum Gasteiger partial charge on any atom is 0.306 e. The normalized spacial score (nSPS) is 33.1. The standard InChI is InChI=1S/C17H23NO7S2/c1-18-7-6-17-10-11(18)8-15(25-27(3,21)22)16(17)23-14-5-4-12(9-13(14)17)24-26(2,19)20/h4-5,9,11,15-16H,6-8,10H2,1-3H3/t11-,15-,16-,17-/m0/s1. The van der Waals surface area contributed by atoms with Crippen molar-refractivity contribution < 1.29 is 29.9 Å². The topological polar surface area (TPSA) is 99.2 Å². The zero-order valence-electron chi connectivity index (χ0n) is 15.4. The Kier molecular flexibility index (Phi) is 4.26. The summed E-state index contributed by atoms with van der Waals surface area (Å²) in [5.74, 6) is 0.865. The van der Waals surface area contributed by atoms with Gasteiger partial charge in [0, 0.05) is 17.0 Å². The Hall–Kier alpha value is -1.36. The first-order valence-corrected chi connectivity index (χ1v) is 12.4. The number of hydrogen-bond donors (Lipinski definition) is 0. The van der Waals surface area contributed by atoms with Crippen molar-refractivity contribution in [2.75, 3.05) is 26.1 Å². The van der Waals surface area contributed by atoms with E-state index in [4.69, 9.17) is 13.1 Å². The Morgan fingerprint density at radius 2 is 1.93 bits per heavy atom. The van der Waals surface area contributed by atoms with Gasteiger partial charge in [-0.15, -0.1) is 0 Å². The third-order valence-corrected chi connectivity index (χ3v) is 6.90. The lowest BCUT2D eigenvalue weighted by molar-refractivity contribution is -0.0654. The van der Waals surface area contributed by atoms with E-state index in [1.165, 1.54) is 0 Å². The van der Waals surface area contributed by atoms with Crippen molar-refractivity contribution in [3.8, 4) is 11.5 Å². The van der Waals surface area contributed by atoms with Crippen molar-refractivity contribution in [2.24, 2.45) is 0 Å². The Morgan fingerprint density at radius 3 is 2.59 bits per heavy atom. The summed E-state index contributed by atoms with van der Waals surface area (Å²) in [6.07, 6.45) is 3.16. The van der Waals surface area contributed by atoms with Crippen LogP contribution in [0.25, 0.3) is 0 Å². The molecule has 2 bridgehead atoms. The van der Waals surface area contributed by atoms with Crippen molar-refractivity contribution in [2.45, 2.75) is 42.9 Å². The molecule has 1 saturated heterocycles. The van der Waals surface area contributed by atoms with Crippen LogP contribution in [0.3, 0.4) is 0 Å². The molecule has 1 spiro atoms. The first-order chi connectivity index (χ1) is 12.5. The number of rotatable bonds is 4. The van der Waals surface area contributed by atoms with E-state index in [0.29, 0.717) is 12.2 Å². The van der Waals surface area contributed by atoms with E-state index in [0.717, 1.165) is 37.5 Å². The van der Waals surface area contributed by atoms with Gasteiger partial charge in [-0.1, -0.05) is 0 Å². The molecule has 8 nitrogen and oxygen atoms in total. The monoisotopic (exact) mass is 417 g/mol. The minimum Gasteiger partial charge on any atom is -0.486 e. The van der Waals surface area contributed by atoms with E-state index < -0.39 is 37.9 Å². The first kappa shape index (κ1) is 19.0. The lowest BCUT2D eigenvalue weighted by Gasteiger charge is -2.52. The number of benzene rings is 1. The summed E-state index contributed by atoms with van der Waals surface area (Å²) in [5, 5.41) is 0. The number of likely N-dealkylation sites (tertiary alicyclic amines) is 1. The van der Waals surface area contributed by atoms with Gasteiger partial charge in [-0.3, -0.25) is 4.18 Å². The molecule has 0 unspecified atom stereocenters. The molecule has 10 heteroatoms. The van der Waals surface area contributed by atoms with E-state index in [1.54, 1.807) is 18.2 Å². The summed E-state index contributed by atoms with van der Waals surface area (Å²) in [7, 11) is -5.26. The second-order valence-electron chi connectivity index (χ2n) is 7.80. The molecule has 27 heavy (non-hydrogen) atoms. The van der Waals surface area contributed by atoms with Crippen LogP contribution in [-0.2, 0) is 29.8 Å². The van der Waals surface area contributed by atoms with Crippen LogP contribution in [0.4, 0.5) is 0 Å². The third-order valence-electron chi connectivity index (χ3n) is 5.81. The van der Waals surface area contributed by atoms with Crippen molar-refractivity contribution in [3.05, 3.63) is 23.8 Å². The second kappa shape index (κ2) is 6.07. The van der Waals surface area contributed by atoms with Gasteiger partial charge >= 0.3 is 10.1 Å². The van der Waals surface area contributed by atoms with Crippen LogP contribution in [0.15, 0.2) is 18.2 Å². The van der Waals surface area contributed by atoms with E-state index in [-0.39, 0.29) is 11.8 Å². The van der Waals surface area contributed by atoms with Crippen LogP contribution in [-0.4, -0.2) is 66.1 Å². The van der Waals surface area contributed by atoms with Gasteiger partial charge in [-0.2, -0.15) is 16.8 Å². The Bertz CT molecular complexity index is 975. The number of piperidine rings is 1. The van der Waals surface area contributed by atoms with E-state index >= 15 is 0 Å². The van der Waals surface area contributed by atoms with Gasteiger partial charge in [0.15, 0.2) is 0 Å². The molecular weight excluding hydrogens is 394 g/mol. The zero-order valence-corrected chi connectivity index (χ0v) is 17.0. The molecule has 0 N–H and O–H groups in total. The molecule has 3 aliphatic rings. The zero-order chi connectivity index (χ0) is 19.6. The maximum absolute atomic E-state index is 11.8. The molecule has 0 radical (unpaired) electrons. The van der Waals surface area contributed by atoms with Gasteiger partial charge in [-0.25, -0.2) is 0 Å². The molecule has 2 fully saturated rings. The van der Waals surface area contributed by atoms with Crippen LogP contribution in [0, 0.1) is 0 Å². The minimum absolute atomic E-state index is 0.163. The summed E-state index contributed by atoms with van der Waals surface area (Å²) < 4.78 is 63.2. The van der Waals surface area contributed by atoms with Crippen LogP contribution < -0.4 is 8.92 Å². The van der Waals surface area contributed by atoms with E-state index in [2.05, 4.69) is 4.90 Å². The molecule has 4 atom stereocenters. The molecule has 1 aromatic carbocycles. The molecule has 4 rings (SSSR count). The maximum atomic E-state index is 11.8. The average Bonchev–Trinajstić information content (AvgIpc) is 2.83. The highest BCUT2D eigenvalue weighted by atomic mass is 32.2. The average molecular weight is 418 g/mol. The smallest absolute Gasteiger partial charge is 0.306 e. The van der Waals surface area contributed by atoms with Crippen LogP contribution in [0.2, 0.25) is 0 Å². The van der Waals surface area contributed by atoms with Crippen molar-refractivity contribution in [3.63, 3.8) is 0 Å². The summed E-state index contributed by atoms with van der Waals surface area (Å²) in [4.78, 5) is 2.22. The van der Waals surface area contributed by atoms with Gasteiger partial charge < -0.3 is 13.8 Å². The van der Waals surface area contributed by atoms with E-state index in [1.807, 2.05) is 7.05 Å². The quantitative estimate of drug-likeness (QED) is 0.666. The predicted octanol–water partition coefficient (Wildman–Crippen LogP) is 0.867. The van der Waals surface area contributed by atoms with Crippen LogP contribution >= 0.6 is 0 Å². The number of fused-ring (bicyclic) bond motifs is 2. The highest BCUT2D eigenvalue weighted by molar-refractivity contribution is 7.86. The summed E-state index contributed by atoms with van der Waals surface area (Å²) in [6.45, 7) is 0.840. The molecule has 0 amide bonds. The van der Waals surface area contributed by atoms with Crippen molar-refractivity contribution in [1.82, 2.24) is 4.90 Å². The number of hydrogen-bond acceptors (Lipinski definition) is 8. The summed E-state index contributed by atoms with van der Waals surface area (Å²) in [5.41, 5.74) is 0.449. The van der Waals surface area contributed by atoms with Crippen LogP contribution in [0.5, 0.6) is 11.5 Å². The van der Waals surface area contributed by atoms with Gasteiger partial charge in [0.2, 0.25) is 0 Å². The third kappa shape index (κ3) is 3.43. The van der Waals surface area contributed by atoms with Gasteiger partial charge in [0.05, 0.1) is 12.5 Å². The van der Waals surface area contributed by atoms with Crippen molar-refractivity contribution in [1.29, 1.82) is 0 Å². The van der Waals surface area contributed by atoms with E-state index in [9.17, 15) is 16.8 Å². The summed E-state index contributed by atoms with van der Waals surface area (Å²) in [6, 6.07) is 5.11. The van der Waals surface area contributed by atoms with Gasteiger partial charge in [0.1, 0.15) is 23.7 Å². The largest absolute Gasteiger partial charge is 0.486 e. The lowest BCUT2D eigenvalue weighted by Crippen LogP contribution is -2.61.